The van der Waals surface area contributed by atoms with Crippen LogP contribution in [0.1, 0.15) is 11.6 Å². The highest BCUT2D eigenvalue weighted by Crippen LogP contribution is 2.25. The van der Waals surface area contributed by atoms with Crippen LogP contribution in [0.25, 0.3) is 0 Å². The molecule has 2 rings (SSSR count). The Kier molecular flexibility index (Phi) is 2.55. The zero-order valence-electron chi connectivity index (χ0n) is 8.59. The summed E-state index contributed by atoms with van der Waals surface area (Å²) in [6.45, 7) is 0. The molecule has 1 aromatic carbocycles. The van der Waals surface area contributed by atoms with Gasteiger partial charge in [-0.3, -0.25) is 0 Å². The van der Waals surface area contributed by atoms with Gasteiger partial charge in [-0.2, -0.15) is 5.26 Å². The molecule has 0 bridgehead atoms. The molecule has 0 saturated heterocycles. The average Bonchev–Trinajstić information content (AvgIpc) is 2.30. The van der Waals surface area contributed by atoms with Crippen LogP contribution in [0.2, 0.25) is 0 Å². The smallest absolute Gasteiger partial charge is 0.101 e. The van der Waals surface area contributed by atoms with Crippen LogP contribution in [-0.2, 0) is 0 Å². The topological polar surface area (TPSA) is 27.0 Å². The molecule has 0 aliphatic carbocycles. The van der Waals surface area contributed by atoms with Crippen LogP contribution in [0.4, 0.5) is 0 Å². The predicted octanol–water partition coefficient (Wildman–Crippen LogP) is 2.64. The van der Waals surface area contributed by atoms with Gasteiger partial charge in [-0.05, 0) is 11.6 Å². The number of likely N-dealkylation sites (N-methyl/N-ethyl adjacent to an activating group) is 1. The van der Waals surface area contributed by atoms with Crippen molar-refractivity contribution in [3.05, 3.63) is 59.8 Å². The van der Waals surface area contributed by atoms with Gasteiger partial charge in [0.1, 0.15) is 6.07 Å². The van der Waals surface area contributed by atoms with Gasteiger partial charge in [-0.25, -0.2) is 0 Å². The normalized spacial score (nSPS) is 19.6. The zero-order chi connectivity index (χ0) is 10.7. The number of nitrogens with zero attached hydrogens (tertiary/aromatic N) is 2. The number of hydrogen-bond donors (Lipinski definition) is 0. The lowest BCUT2D eigenvalue weighted by atomic mass is 10.0. The van der Waals surface area contributed by atoms with Gasteiger partial charge in [-0.15, -0.1) is 0 Å². The molecule has 0 saturated carbocycles. The number of benzene rings is 1. The van der Waals surface area contributed by atoms with Crippen molar-refractivity contribution in [3.63, 3.8) is 0 Å². The monoisotopic (exact) mass is 196 g/mol. The summed E-state index contributed by atoms with van der Waals surface area (Å²) in [7, 11) is 1.98. The minimum absolute atomic E-state index is 0.239. The first-order valence-electron chi connectivity index (χ1n) is 4.88. The van der Waals surface area contributed by atoms with E-state index in [2.05, 4.69) is 18.2 Å². The van der Waals surface area contributed by atoms with Crippen molar-refractivity contribution < 1.29 is 0 Å². The maximum absolute atomic E-state index is 8.77. The maximum Gasteiger partial charge on any atom is 0.101 e. The van der Waals surface area contributed by atoms with Crippen molar-refractivity contribution in [2.75, 3.05) is 7.05 Å². The molecule has 15 heavy (non-hydrogen) atoms. The lowest BCUT2D eigenvalue weighted by Crippen LogP contribution is -2.19. The van der Waals surface area contributed by atoms with Gasteiger partial charge in [0.05, 0.1) is 11.6 Å². The minimum atomic E-state index is 0.239. The SMILES string of the molecule is CN1C=C(C#N)C=CC1c1ccccc1. The van der Waals surface area contributed by atoms with Crippen LogP contribution in [0.5, 0.6) is 0 Å². The van der Waals surface area contributed by atoms with Gasteiger partial charge in [0, 0.05) is 13.2 Å². The van der Waals surface area contributed by atoms with Crippen molar-refractivity contribution in [1.29, 1.82) is 5.26 Å². The summed E-state index contributed by atoms with van der Waals surface area (Å²) >= 11 is 0. The van der Waals surface area contributed by atoms with Gasteiger partial charge in [-0.1, -0.05) is 36.4 Å². The molecule has 0 N–H and O–H groups in total. The molecule has 2 nitrogen and oxygen atoms in total. The highest BCUT2D eigenvalue weighted by Gasteiger charge is 2.14. The second kappa shape index (κ2) is 4.02. The number of hydrogen-bond acceptors (Lipinski definition) is 2. The fourth-order valence-electron chi connectivity index (χ4n) is 1.74. The molecule has 1 unspecified atom stereocenters. The van der Waals surface area contributed by atoms with E-state index >= 15 is 0 Å². The number of allylic oxidation sites excluding steroid dienone is 2. The van der Waals surface area contributed by atoms with E-state index < -0.39 is 0 Å². The Bertz CT molecular complexity index is 437. The number of nitriles is 1. The number of rotatable bonds is 1. The molecule has 1 aliphatic rings. The third kappa shape index (κ3) is 1.92. The van der Waals surface area contributed by atoms with E-state index in [1.165, 1.54) is 5.56 Å². The van der Waals surface area contributed by atoms with Gasteiger partial charge >= 0.3 is 0 Å². The summed E-state index contributed by atoms with van der Waals surface area (Å²) in [4.78, 5) is 2.05. The molecular weight excluding hydrogens is 184 g/mol. The molecule has 2 heteroatoms. The Morgan fingerprint density at radius 2 is 2.00 bits per heavy atom. The molecule has 0 amide bonds. The summed E-state index contributed by atoms with van der Waals surface area (Å²) in [5.74, 6) is 0. The standard InChI is InChI=1S/C13H12N2/c1-15-10-11(9-14)7-8-13(15)12-5-3-2-4-6-12/h2-8,10,13H,1H3. The van der Waals surface area contributed by atoms with E-state index in [-0.39, 0.29) is 6.04 Å². The van der Waals surface area contributed by atoms with E-state index in [4.69, 9.17) is 5.26 Å². The van der Waals surface area contributed by atoms with Crippen LogP contribution in [0.3, 0.4) is 0 Å². The Labute approximate surface area is 89.8 Å². The highest BCUT2D eigenvalue weighted by atomic mass is 15.1. The molecule has 0 aromatic heterocycles. The van der Waals surface area contributed by atoms with E-state index in [1.807, 2.05) is 48.5 Å². The van der Waals surface area contributed by atoms with Crippen LogP contribution in [0.15, 0.2) is 54.3 Å². The Morgan fingerprint density at radius 3 is 2.60 bits per heavy atom. The van der Waals surface area contributed by atoms with Crippen molar-refractivity contribution in [2.45, 2.75) is 6.04 Å². The Balaban J connectivity index is 2.26. The molecule has 1 heterocycles. The van der Waals surface area contributed by atoms with Gasteiger partial charge in [0.2, 0.25) is 0 Å². The average molecular weight is 196 g/mol. The van der Waals surface area contributed by atoms with Crippen molar-refractivity contribution in [1.82, 2.24) is 4.90 Å². The third-order valence-corrected chi connectivity index (χ3v) is 2.51. The molecule has 1 aliphatic heterocycles. The van der Waals surface area contributed by atoms with Crippen LogP contribution in [0, 0.1) is 11.3 Å². The lowest BCUT2D eigenvalue weighted by Gasteiger charge is -2.27. The summed E-state index contributed by atoms with van der Waals surface area (Å²) in [6.07, 6.45) is 5.79. The second-order valence-corrected chi connectivity index (χ2v) is 3.58. The first-order valence-corrected chi connectivity index (χ1v) is 4.88. The molecule has 1 aromatic rings. The maximum atomic E-state index is 8.77. The summed E-state index contributed by atoms with van der Waals surface area (Å²) in [5, 5.41) is 8.77. The van der Waals surface area contributed by atoms with Crippen molar-refractivity contribution in [3.8, 4) is 6.07 Å². The first-order chi connectivity index (χ1) is 7.31. The Hall–Kier alpha value is -2.01. The van der Waals surface area contributed by atoms with Gasteiger partial charge in [0.25, 0.3) is 0 Å². The fourth-order valence-corrected chi connectivity index (χ4v) is 1.74. The van der Waals surface area contributed by atoms with Gasteiger partial charge < -0.3 is 4.90 Å². The highest BCUT2D eigenvalue weighted by molar-refractivity contribution is 5.38. The summed E-state index contributed by atoms with van der Waals surface area (Å²) < 4.78 is 0. The van der Waals surface area contributed by atoms with Crippen LogP contribution >= 0.6 is 0 Å². The second-order valence-electron chi connectivity index (χ2n) is 3.58. The molecule has 1 atom stereocenters. The Morgan fingerprint density at radius 1 is 1.27 bits per heavy atom. The largest absolute Gasteiger partial charge is 0.369 e. The fraction of sp³-hybridized carbons (Fsp3) is 0.154. The molecule has 0 spiro atoms. The van der Waals surface area contributed by atoms with Crippen LogP contribution in [-0.4, -0.2) is 11.9 Å². The molecule has 0 fully saturated rings. The minimum Gasteiger partial charge on any atom is -0.369 e. The van der Waals surface area contributed by atoms with E-state index in [0.717, 1.165) is 0 Å². The molecule has 0 radical (unpaired) electrons. The van der Waals surface area contributed by atoms with Crippen molar-refractivity contribution >= 4 is 0 Å². The quantitative estimate of drug-likeness (QED) is 0.690. The molecule has 74 valence electrons. The molecular formula is C13H12N2. The predicted molar refractivity (Wildman–Crippen MR) is 59.8 cm³/mol. The van der Waals surface area contributed by atoms with Crippen molar-refractivity contribution in [2.24, 2.45) is 0 Å². The third-order valence-electron chi connectivity index (χ3n) is 2.51. The zero-order valence-corrected chi connectivity index (χ0v) is 8.59. The van der Waals surface area contributed by atoms with E-state index in [9.17, 15) is 0 Å². The summed E-state index contributed by atoms with van der Waals surface area (Å²) in [5.41, 5.74) is 1.94. The first kappa shape index (κ1) is 9.54. The van der Waals surface area contributed by atoms with E-state index in [1.54, 1.807) is 0 Å². The summed E-state index contributed by atoms with van der Waals surface area (Å²) in [6, 6.07) is 12.6. The van der Waals surface area contributed by atoms with Crippen LogP contribution < -0.4 is 0 Å². The lowest BCUT2D eigenvalue weighted by molar-refractivity contribution is 0.388. The van der Waals surface area contributed by atoms with E-state index in [0.29, 0.717) is 5.57 Å². The van der Waals surface area contributed by atoms with Gasteiger partial charge in [0.15, 0.2) is 0 Å².